The Morgan fingerprint density at radius 2 is 1.71 bits per heavy atom. The first kappa shape index (κ1) is 14.9. The number of benzene rings is 2. The van der Waals surface area contributed by atoms with Crippen LogP contribution in [-0.2, 0) is 12.8 Å². The van der Waals surface area contributed by atoms with Crippen molar-refractivity contribution in [2.75, 3.05) is 5.73 Å². The predicted molar refractivity (Wildman–Crippen MR) is 101 cm³/mol. The second-order valence-electron chi connectivity index (χ2n) is 6.60. The second-order valence-corrected chi connectivity index (χ2v) is 6.60. The van der Waals surface area contributed by atoms with Gasteiger partial charge in [-0.05, 0) is 55.9 Å². The zero-order chi connectivity index (χ0) is 16.7. The molecule has 0 bridgehead atoms. The number of pyridine rings is 1. The van der Waals surface area contributed by atoms with E-state index in [1.54, 1.807) is 0 Å². The van der Waals surface area contributed by atoms with Gasteiger partial charge < -0.3 is 11.1 Å². The summed E-state index contributed by atoms with van der Waals surface area (Å²) in [6, 6.07) is 12.5. The number of rotatable bonds is 2. The summed E-state index contributed by atoms with van der Waals surface area (Å²) < 4.78 is 0. The van der Waals surface area contributed by atoms with Crippen molar-refractivity contribution in [3.05, 3.63) is 58.7 Å². The highest BCUT2D eigenvalue weighted by molar-refractivity contribution is 6.05. The van der Waals surface area contributed by atoms with E-state index in [4.69, 9.17) is 16.1 Å². The summed E-state index contributed by atoms with van der Waals surface area (Å²) in [5, 5.41) is 8.87. The van der Waals surface area contributed by atoms with Gasteiger partial charge in [0, 0.05) is 28.4 Å². The van der Waals surface area contributed by atoms with Crippen LogP contribution in [0, 0.1) is 12.3 Å². The van der Waals surface area contributed by atoms with Crippen LogP contribution in [0.5, 0.6) is 0 Å². The molecule has 0 aliphatic heterocycles. The van der Waals surface area contributed by atoms with Crippen molar-refractivity contribution >= 4 is 22.8 Å². The van der Waals surface area contributed by atoms with Crippen LogP contribution < -0.4 is 5.73 Å². The van der Waals surface area contributed by atoms with E-state index < -0.39 is 0 Å². The highest BCUT2D eigenvalue weighted by Gasteiger charge is 2.21. The van der Waals surface area contributed by atoms with Gasteiger partial charge in [0.2, 0.25) is 0 Å². The van der Waals surface area contributed by atoms with E-state index in [1.165, 1.54) is 41.3 Å². The summed E-state index contributed by atoms with van der Waals surface area (Å²) in [6.07, 6.45) is 5.85. The molecule has 4 rings (SSSR count). The number of fused-ring (bicyclic) bond motifs is 3. The Kier molecular flexibility index (Phi) is 3.57. The Hall–Kier alpha value is -2.68. The largest absolute Gasteiger partial charge is 0.398 e. The van der Waals surface area contributed by atoms with Crippen LogP contribution in [0.1, 0.15) is 35.1 Å². The smallest absolute Gasteiger partial charge is 0.0744 e. The number of nitrogens with zero attached hydrogens (tertiary/aromatic N) is 1. The molecule has 1 aromatic heterocycles. The molecule has 2 aromatic carbocycles. The van der Waals surface area contributed by atoms with Crippen LogP contribution in [0.2, 0.25) is 0 Å². The lowest BCUT2D eigenvalue weighted by Crippen LogP contribution is -2.09. The molecule has 0 saturated heterocycles. The van der Waals surface area contributed by atoms with Crippen LogP contribution in [0.3, 0.4) is 0 Å². The van der Waals surface area contributed by atoms with Crippen molar-refractivity contribution in [3.8, 4) is 11.3 Å². The molecule has 0 fully saturated rings. The third-order valence-corrected chi connectivity index (χ3v) is 5.01. The highest BCUT2D eigenvalue weighted by atomic mass is 14.7. The van der Waals surface area contributed by atoms with Crippen molar-refractivity contribution in [2.24, 2.45) is 0 Å². The van der Waals surface area contributed by atoms with Gasteiger partial charge >= 0.3 is 0 Å². The summed E-state index contributed by atoms with van der Waals surface area (Å²) in [5.41, 5.74) is 14.7. The van der Waals surface area contributed by atoms with Crippen molar-refractivity contribution in [1.82, 2.24) is 4.98 Å². The van der Waals surface area contributed by atoms with E-state index in [0.717, 1.165) is 35.0 Å². The Balaban J connectivity index is 2.08. The van der Waals surface area contributed by atoms with Gasteiger partial charge in [-0.2, -0.15) is 0 Å². The first-order chi connectivity index (χ1) is 11.7. The van der Waals surface area contributed by atoms with Gasteiger partial charge in [0.1, 0.15) is 0 Å². The number of nitrogen functional groups attached to an aromatic ring is 1. The number of anilines is 1. The van der Waals surface area contributed by atoms with E-state index >= 15 is 0 Å². The molecule has 3 nitrogen and oxygen atoms in total. The fourth-order valence-corrected chi connectivity index (χ4v) is 3.77. The predicted octanol–water partition coefficient (Wildman–Crippen LogP) is 4.67. The quantitative estimate of drug-likeness (QED) is 0.533. The van der Waals surface area contributed by atoms with Crippen LogP contribution in [0.25, 0.3) is 22.2 Å². The standard InChI is InChI=1S/C21H21N3/c1-13-6-8-14(9-7-13)21-16-5-3-2-4-15(16)20-17(12-22)18(23)10-11-19(20)24-21/h6-12,22H,2-5,23H2,1H3. The van der Waals surface area contributed by atoms with Crippen molar-refractivity contribution < 1.29 is 0 Å². The molecule has 0 unspecified atom stereocenters. The third-order valence-electron chi connectivity index (χ3n) is 5.01. The minimum absolute atomic E-state index is 0.662. The lowest BCUT2D eigenvalue weighted by molar-refractivity contribution is 0.689. The van der Waals surface area contributed by atoms with Crippen LogP contribution in [0.4, 0.5) is 5.69 Å². The maximum absolute atomic E-state index is 7.79. The number of aryl methyl sites for hydroxylation is 2. The molecule has 0 atom stereocenters. The van der Waals surface area contributed by atoms with Crippen LogP contribution >= 0.6 is 0 Å². The maximum atomic E-state index is 7.79. The monoisotopic (exact) mass is 315 g/mol. The fourth-order valence-electron chi connectivity index (χ4n) is 3.77. The minimum atomic E-state index is 0.662. The molecule has 120 valence electrons. The van der Waals surface area contributed by atoms with E-state index in [2.05, 4.69) is 31.2 Å². The average molecular weight is 315 g/mol. The molecule has 3 N–H and O–H groups in total. The summed E-state index contributed by atoms with van der Waals surface area (Å²) >= 11 is 0. The molecule has 0 spiro atoms. The zero-order valence-corrected chi connectivity index (χ0v) is 13.9. The molecule has 3 aromatic rings. The summed E-state index contributed by atoms with van der Waals surface area (Å²) in [5.74, 6) is 0. The van der Waals surface area contributed by atoms with E-state index in [1.807, 2.05) is 12.1 Å². The molecule has 1 heterocycles. The lowest BCUT2D eigenvalue weighted by Gasteiger charge is -2.22. The van der Waals surface area contributed by atoms with Gasteiger partial charge in [0.05, 0.1) is 11.2 Å². The van der Waals surface area contributed by atoms with Gasteiger partial charge in [-0.1, -0.05) is 29.8 Å². The maximum Gasteiger partial charge on any atom is 0.0744 e. The number of aromatic nitrogens is 1. The molecule has 24 heavy (non-hydrogen) atoms. The van der Waals surface area contributed by atoms with Gasteiger partial charge in [0.25, 0.3) is 0 Å². The molecule has 1 aliphatic rings. The Morgan fingerprint density at radius 1 is 1.00 bits per heavy atom. The van der Waals surface area contributed by atoms with E-state index in [-0.39, 0.29) is 0 Å². The summed E-state index contributed by atoms with van der Waals surface area (Å²) in [6.45, 7) is 2.10. The second kappa shape index (κ2) is 5.75. The minimum Gasteiger partial charge on any atom is -0.398 e. The molecule has 0 amide bonds. The first-order valence-electron chi connectivity index (χ1n) is 8.50. The molecular weight excluding hydrogens is 294 g/mol. The van der Waals surface area contributed by atoms with Gasteiger partial charge in [0.15, 0.2) is 0 Å². The fraction of sp³-hybridized carbons (Fsp3) is 0.238. The van der Waals surface area contributed by atoms with E-state index in [0.29, 0.717) is 5.69 Å². The van der Waals surface area contributed by atoms with Crippen molar-refractivity contribution in [1.29, 1.82) is 5.41 Å². The summed E-state index contributed by atoms with van der Waals surface area (Å²) in [4.78, 5) is 4.98. The topological polar surface area (TPSA) is 62.8 Å². The van der Waals surface area contributed by atoms with Crippen molar-refractivity contribution in [3.63, 3.8) is 0 Å². The van der Waals surface area contributed by atoms with Crippen molar-refractivity contribution in [2.45, 2.75) is 32.6 Å². The molecule has 1 aliphatic carbocycles. The van der Waals surface area contributed by atoms with Gasteiger partial charge in [-0.15, -0.1) is 0 Å². The Bertz CT molecular complexity index is 940. The van der Waals surface area contributed by atoms with Crippen LogP contribution in [0.15, 0.2) is 36.4 Å². The number of hydrogen-bond acceptors (Lipinski definition) is 3. The highest BCUT2D eigenvalue weighted by Crippen LogP contribution is 2.37. The SMILES string of the molecule is Cc1ccc(-c2nc3ccc(N)c(C=N)c3c3c2CCCC3)cc1. The number of nitrogens with two attached hydrogens (primary N) is 1. The molecule has 3 heteroatoms. The average Bonchev–Trinajstić information content (AvgIpc) is 2.62. The number of nitrogens with one attached hydrogen (secondary N) is 1. The Morgan fingerprint density at radius 3 is 2.42 bits per heavy atom. The Labute approximate surface area is 142 Å². The van der Waals surface area contributed by atoms with Gasteiger partial charge in [-0.3, -0.25) is 0 Å². The third kappa shape index (κ3) is 2.28. The lowest BCUT2D eigenvalue weighted by atomic mass is 9.85. The summed E-state index contributed by atoms with van der Waals surface area (Å²) in [7, 11) is 0. The number of hydrogen-bond donors (Lipinski definition) is 2. The van der Waals surface area contributed by atoms with Gasteiger partial charge in [-0.25, -0.2) is 4.98 Å². The normalized spacial score (nSPS) is 13.7. The van der Waals surface area contributed by atoms with E-state index in [9.17, 15) is 0 Å². The molecular formula is C21H21N3. The molecule has 0 radical (unpaired) electrons. The van der Waals surface area contributed by atoms with Crippen LogP contribution in [-0.4, -0.2) is 11.2 Å². The molecule has 0 saturated carbocycles. The first-order valence-corrected chi connectivity index (χ1v) is 8.50. The zero-order valence-electron chi connectivity index (χ0n) is 13.9.